The van der Waals surface area contributed by atoms with Crippen LogP contribution in [0.3, 0.4) is 0 Å². The molecule has 14 heavy (non-hydrogen) atoms. The van der Waals surface area contributed by atoms with Gasteiger partial charge in [0.1, 0.15) is 16.3 Å². The summed E-state index contributed by atoms with van der Waals surface area (Å²) in [6.45, 7) is 0. The van der Waals surface area contributed by atoms with Crippen LogP contribution in [0.2, 0.25) is 0 Å². The monoisotopic (exact) mass is 215 g/mol. The Morgan fingerprint density at radius 1 is 1.50 bits per heavy atom. The van der Waals surface area contributed by atoms with E-state index in [9.17, 15) is 8.42 Å². The first kappa shape index (κ1) is 10.6. The van der Waals surface area contributed by atoms with Crippen molar-refractivity contribution in [3.63, 3.8) is 0 Å². The van der Waals surface area contributed by atoms with E-state index in [2.05, 4.69) is 5.11 Å². The summed E-state index contributed by atoms with van der Waals surface area (Å²) in [5, 5.41) is 2.72. The molecule has 0 atom stereocenters. The Labute approximate surface area is 80.8 Å². The van der Waals surface area contributed by atoms with Gasteiger partial charge in [-0.05, 0) is 17.7 Å². The van der Waals surface area contributed by atoms with Crippen molar-refractivity contribution in [1.29, 1.82) is 0 Å². The number of methoxy groups -OCH3 is 1. The fourth-order valence-corrected chi connectivity index (χ4v) is 1.55. The molecule has 1 aromatic rings. The molecule has 1 N–H and O–H groups in total. The van der Waals surface area contributed by atoms with E-state index in [4.69, 9.17) is 14.8 Å². The zero-order valence-corrected chi connectivity index (χ0v) is 8.02. The van der Waals surface area contributed by atoms with Gasteiger partial charge < -0.3 is 4.74 Å². The van der Waals surface area contributed by atoms with E-state index in [0.717, 1.165) is 6.07 Å². The molecule has 0 amide bonds. The van der Waals surface area contributed by atoms with E-state index >= 15 is 0 Å². The maximum absolute atomic E-state index is 10.8. The largest absolute Gasteiger partial charge is 0.497 e. The molecular weight excluding hydrogens is 208 g/mol. The minimum atomic E-state index is -4.41. The van der Waals surface area contributed by atoms with Crippen molar-refractivity contribution in [2.24, 2.45) is 5.11 Å². The van der Waals surface area contributed by atoms with Gasteiger partial charge in [-0.25, -0.2) is 0 Å². The molecule has 0 aromatic heterocycles. The number of rotatable bonds is 3. The van der Waals surface area contributed by atoms with E-state index in [1.54, 1.807) is 0 Å². The molecule has 0 spiro atoms. The molecule has 1 aromatic carbocycles. The van der Waals surface area contributed by atoms with Crippen molar-refractivity contribution in [2.45, 2.75) is 4.90 Å². The first-order valence-corrected chi connectivity index (χ1v) is 4.93. The molecule has 0 heterocycles. The summed E-state index contributed by atoms with van der Waals surface area (Å²) in [7, 11) is -3.07. The van der Waals surface area contributed by atoms with Crippen LogP contribution in [0.5, 0.6) is 5.75 Å². The molecule has 0 bridgehead atoms. The van der Waals surface area contributed by atoms with Crippen LogP contribution in [-0.4, -0.2) is 20.1 Å². The molecule has 6 nitrogen and oxygen atoms in total. The lowest BCUT2D eigenvalue weighted by molar-refractivity contribution is 0.412. The van der Waals surface area contributed by atoms with Gasteiger partial charge in [-0.2, -0.15) is 8.42 Å². The van der Waals surface area contributed by atoms with Gasteiger partial charge in [-0.15, -0.1) is 5.11 Å². The molecule has 75 valence electrons. The summed E-state index contributed by atoms with van der Waals surface area (Å²) in [4.78, 5) is -0.501. The Morgan fingerprint density at radius 2 is 2.14 bits per heavy atom. The molecule has 1 radical (unpaired) electrons. The molecule has 0 saturated carbocycles. The molecule has 0 unspecified atom stereocenters. The average molecular weight is 215 g/mol. The van der Waals surface area contributed by atoms with Crippen molar-refractivity contribution in [1.82, 2.24) is 5.53 Å². The van der Waals surface area contributed by atoms with E-state index < -0.39 is 15.0 Å². The molecule has 7 heteroatoms. The number of hydrogen-bond donors (Lipinski definition) is 1. The predicted octanol–water partition coefficient (Wildman–Crippen LogP) is 0.826. The molecular formula is C7H7N2O4S. The van der Waals surface area contributed by atoms with Gasteiger partial charge in [-0.3, -0.25) is 4.55 Å². The lowest BCUT2D eigenvalue weighted by Gasteiger charge is -2.03. The van der Waals surface area contributed by atoms with Crippen LogP contribution in [0.1, 0.15) is 0 Å². The van der Waals surface area contributed by atoms with Crippen molar-refractivity contribution in [2.75, 3.05) is 7.11 Å². The van der Waals surface area contributed by atoms with Gasteiger partial charge in [-0.1, -0.05) is 0 Å². The van der Waals surface area contributed by atoms with Crippen LogP contribution in [0.4, 0.5) is 5.69 Å². The summed E-state index contributed by atoms with van der Waals surface area (Å²) in [6.07, 6.45) is 0. The highest BCUT2D eigenvalue weighted by atomic mass is 32.2. The van der Waals surface area contributed by atoms with E-state index in [1.807, 2.05) is 0 Å². The highest BCUT2D eigenvalue weighted by molar-refractivity contribution is 7.86. The molecule has 0 fully saturated rings. The standard InChI is InChI=1S/C7H7N2O4S/c1-13-5-2-3-6(9-8)7(4-5)14(10,11)12/h2-4H,1H3,(H,10,11,12). The second-order valence-corrected chi connectivity index (χ2v) is 3.80. The molecule has 1 rings (SSSR count). The summed E-state index contributed by atoms with van der Waals surface area (Å²) < 4.78 is 35.1. The third-order valence-corrected chi connectivity index (χ3v) is 2.44. The lowest BCUT2D eigenvalue weighted by Crippen LogP contribution is -1.99. The Kier molecular flexibility index (Phi) is 2.82. The van der Waals surface area contributed by atoms with Crippen LogP contribution < -0.4 is 10.3 Å². The van der Waals surface area contributed by atoms with Crippen LogP contribution in [-0.2, 0) is 10.1 Å². The number of nitrogens with zero attached hydrogens (tertiary/aromatic N) is 2. The fourth-order valence-electron chi connectivity index (χ4n) is 0.911. The van der Waals surface area contributed by atoms with Crippen molar-refractivity contribution in [3.05, 3.63) is 18.2 Å². The van der Waals surface area contributed by atoms with Crippen LogP contribution in [0.15, 0.2) is 28.2 Å². The second kappa shape index (κ2) is 3.72. The Balaban J connectivity index is 3.44. The zero-order valence-electron chi connectivity index (χ0n) is 7.21. The second-order valence-electron chi connectivity index (χ2n) is 2.41. The van der Waals surface area contributed by atoms with Gasteiger partial charge in [0.2, 0.25) is 0 Å². The Bertz CT molecular complexity index is 455. The molecule has 0 aliphatic rings. The topological polar surface area (TPSA) is 98.3 Å². The van der Waals surface area contributed by atoms with Gasteiger partial charge in [0.15, 0.2) is 0 Å². The molecule has 0 saturated heterocycles. The van der Waals surface area contributed by atoms with Gasteiger partial charge in [0.25, 0.3) is 10.1 Å². The van der Waals surface area contributed by atoms with Crippen molar-refractivity contribution in [3.8, 4) is 5.75 Å². The lowest BCUT2D eigenvalue weighted by atomic mass is 10.3. The Hall–Kier alpha value is -1.47. The smallest absolute Gasteiger partial charge is 0.296 e. The highest BCUT2D eigenvalue weighted by Gasteiger charge is 2.16. The Morgan fingerprint density at radius 3 is 2.57 bits per heavy atom. The van der Waals surface area contributed by atoms with Gasteiger partial charge in [0, 0.05) is 6.07 Å². The molecule has 0 aliphatic heterocycles. The maximum Gasteiger partial charge on any atom is 0.296 e. The van der Waals surface area contributed by atoms with Crippen molar-refractivity contribution < 1.29 is 17.7 Å². The third-order valence-electron chi connectivity index (χ3n) is 1.55. The van der Waals surface area contributed by atoms with Crippen LogP contribution in [0, 0.1) is 0 Å². The summed E-state index contributed by atoms with van der Waals surface area (Å²) in [6, 6.07) is 3.68. The average Bonchev–Trinajstić information content (AvgIpc) is 2.15. The SMILES string of the molecule is COc1ccc(N=[N])c(S(=O)(=O)O)c1. The minimum absolute atomic E-state index is 0.241. The number of ether oxygens (including phenoxy) is 1. The van der Waals surface area contributed by atoms with Gasteiger partial charge in [0.05, 0.1) is 7.11 Å². The summed E-state index contributed by atoms with van der Waals surface area (Å²) in [5.74, 6) is 0.241. The van der Waals surface area contributed by atoms with Crippen molar-refractivity contribution >= 4 is 15.8 Å². The zero-order chi connectivity index (χ0) is 10.8. The quantitative estimate of drug-likeness (QED) is 0.596. The maximum atomic E-state index is 10.8. The predicted molar refractivity (Wildman–Crippen MR) is 47.0 cm³/mol. The van der Waals surface area contributed by atoms with Gasteiger partial charge >= 0.3 is 0 Å². The van der Waals surface area contributed by atoms with E-state index in [1.165, 1.54) is 19.2 Å². The summed E-state index contributed by atoms with van der Waals surface area (Å²) in [5.41, 5.74) is 8.21. The van der Waals surface area contributed by atoms with Crippen LogP contribution >= 0.6 is 0 Å². The van der Waals surface area contributed by atoms with E-state index in [0.29, 0.717) is 0 Å². The van der Waals surface area contributed by atoms with Crippen LogP contribution in [0.25, 0.3) is 0 Å². The minimum Gasteiger partial charge on any atom is -0.497 e. The van der Waals surface area contributed by atoms with E-state index in [-0.39, 0.29) is 11.4 Å². The number of benzene rings is 1. The number of hydrogen-bond acceptors (Lipinski definition) is 4. The third kappa shape index (κ3) is 2.06. The normalized spacial score (nSPS) is 11.0. The molecule has 0 aliphatic carbocycles. The summed E-state index contributed by atoms with van der Waals surface area (Å²) >= 11 is 0. The first-order chi connectivity index (χ1) is 6.49. The fraction of sp³-hybridized carbons (Fsp3) is 0.143. The highest BCUT2D eigenvalue weighted by Crippen LogP contribution is 2.27. The first-order valence-electron chi connectivity index (χ1n) is 3.49.